The van der Waals surface area contributed by atoms with E-state index in [2.05, 4.69) is 10.3 Å². The van der Waals surface area contributed by atoms with Gasteiger partial charge in [0.05, 0.1) is 11.5 Å². The molecular weight excluding hydrogens is 515 g/mol. The fourth-order valence-corrected chi connectivity index (χ4v) is 3.98. The van der Waals surface area contributed by atoms with Crippen LogP contribution in [0.25, 0.3) is 0 Å². The van der Waals surface area contributed by atoms with Crippen molar-refractivity contribution >= 4 is 40.0 Å². The molecule has 0 heterocycles. The van der Waals surface area contributed by atoms with Crippen LogP contribution in [-0.2, 0) is 23.1 Å². The van der Waals surface area contributed by atoms with Crippen molar-refractivity contribution in [2.45, 2.75) is 24.9 Å². The molecule has 0 aliphatic heterocycles. The second-order valence-corrected chi connectivity index (χ2v) is 8.85. The molecule has 0 bridgehead atoms. The molecule has 7 nitrogen and oxygen atoms in total. The van der Waals surface area contributed by atoms with E-state index < -0.39 is 10.0 Å². The van der Waals surface area contributed by atoms with Crippen molar-refractivity contribution in [3.63, 3.8) is 0 Å². The molecule has 0 aliphatic rings. The van der Waals surface area contributed by atoms with E-state index in [1.165, 1.54) is 18.4 Å². The molecule has 9 heteroatoms. The van der Waals surface area contributed by atoms with Crippen molar-refractivity contribution in [1.82, 2.24) is 14.5 Å². The van der Waals surface area contributed by atoms with Gasteiger partial charge in [-0.1, -0.05) is 30.3 Å². The standard InChI is InChI=1S/C21H30N4O3S.HI/c1-6-28-19-13-11-17(12-14-19)16-25(5)21(22-2)23-15-18-9-7-8-10-20(18)29(26,27)24(3)4;/h7-14H,6,15-16H2,1-5H3,(H,22,23);1H. The molecule has 0 saturated heterocycles. The molecule has 0 amide bonds. The normalized spacial score (nSPS) is 11.7. The molecule has 0 aliphatic carbocycles. The Labute approximate surface area is 197 Å². The predicted molar refractivity (Wildman–Crippen MR) is 132 cm³/mol. The zero-order chi connectivity index (χ0) is 21.4. The minimum absolute atomic E-state index is 0. The Morgan fingerprint density at radius 2 is 1.70 bits per heavy atom. The van der Waals surface area contributed by atoms with Gasteiger partial charge in [0.15, 0.2) is 5.96 Å². The van der Waals surface area contributed by atoms with Crippen LogP contribution in [0, 0.1) is 0 Å². The summed E-state index contributed by atoms with van der Waals surface area (Å²) < 4.78 is 31.8. The maximum absolute atomic E-state index is 12.6. The molecule has 0 saturated carbocycles. The number of guanidine groups is 1. The van der Waals surface area contributed by atoms with Crippen LogP contribution in [0.5, 0.6) is 5.75 Å². The lowest BCUT2D eigenvalue weighted by Crippen LogP contribution is -2.38. The third-order valence-electron chi connectivity index (χ3n) is 4.40. The van der Waals surface area contributed by atoms with Crippen LogP contribution < -0.4 is 10.1 Å². The summed E-state index contributed by atoms with van der Waals surface area (Å²) in [6.07, 6.45) is 0. The molecule has 2 aromatic carbocycles. The fourth-order valence-electron chi connectivity index (χ4n) is 2.86. The number of nitrogens with zero attached hydrogens (tertiary/aromatic N) is 3. The molecule has 166 valence electrons. The summed E-state index contributed by atoms with van der Waals surface area (Å²) in [5.74, 6) is 1.52. The van der Waals surface area contributed by atoms with E-state index in [4.69, 9.17) is 4.74 Å². The van der Waals surface area contributed by atoms with Crippen LogP contribution >= 0.6 is 24.0 Å². The Balaban J connectivity index is 0.00000450. The minimum Gasteiger partial charge on any atom is -0.494 e. The highest BCUT2D eigenvalue weighted by Crippen LogP contribution is 2.18. The number of nitrogens with one attached hydrogen (secondary N) is 1. The Hall–Kier alpha value is -1.85. The van der Waals surface area contributed by atoms with Crippen molar-refractivity contribution in [2.75, 3.05) is 34.8 Å². The maximum Gasteiger partial charge on any atom is 0.242 e. The smallest absolute Gasteiger partial charge is 0.242 e. The van der Waals surface area contributed by atoms with E-state index in [9.17, 15) is 8.42 Å². The number of rotatable bonds is 8. The highest BCUT2D eigenvalue weighted by molar-refractivity contribution is 14.0. The molecular formula is C21H31IN4O3S. The van der Waals surface area contributed by atoms with Crippen molar-refractivity contribution in [3.8, 4) is 5.75 Å². The van der Waals surface area contributed by atoms with E-state index in [1.807, 2.05) is 55.3 Å². The van der Waals surface area contributed by atoms with Crippen LogP contribution in [-0.4, -0.2) is 58.4 Å². The van der Waals surface area contributed by atoms with Crippen molar-refractivity contribution < 1.29 is 13.2 Å². The monoisotopic (exact) mass is 546 g/mol. The van der Waals surface area contributed by atoms with Crippen LogP contribution in [0.3, 0.4) is 0 Å². The molecule has 2 aromatic rings. The Morgan fingerprint density at radius 3 is 2.27 bits per heavy atom. The first-order valence-electron chi connectivity index (χ1n) is 9.43. The van der Waals surface area contributed by atoms with Crippen molar-refractivity contribution in [3.05, 3.63) is 59.7 Å². The number of benzene rings is 2. The van der Waals surface area contributed by atoms with Gasteiger partial charge in [0, 0.05) is 41.3 Å². The summed E-state index contributed by atoms with van der Waals surface area (Å²) in [6, 6.07) is 14.9. The summed E-state index contributed by atoms with van der Waals surface area (Å²) in [4.78, 5) is 6.60. The summed E-state index contributed by atoms with van der Waals surface area (Å²) in [5.41, 5.74) is 1.81. The summed E-state index contributed by atoms with van der Waals surface area (Å²) in [6.45, 7) is 3.60. The molecule has 30 heavy (non-hydrogen) atoms. The predicted octanol–water partition coefficient (Wildman–Crippen LogP) is 3.16. The first-order chi connectivity index (χ1) is 13.8. The van der Waals surface area contributed by atoms with Crippen LogP contribution in [0.2, 0.25) is 0 Å². The van der Waals surface area contributed by atoms with Crippen LogP contribution in [0.1, 0.15) is 18.1 Å². The topological polar surface area (TPSA) is 74.2 Å². The fraction of sp³-hybridized carbons (Fsp3) is 0.381. The molecule has 1 N–H and O–H groups in total. The van der Waals surface area contributed by atoms with Gasteiger partial charge in [0.2, 0.25) is 10.0 Å². The molecule has 0 aromatic heterocycles. The van der Waals surface area contributed by atoms with Gasteiger partial charge in [0.1, 0.15) is 5.75 Å². The minimum atomic E-state index is -3.51. The quantitative estimate of drug-likeness (QED) is 0.313. The maximum atomic E-state index is 12.6. The SMILES string of the molecule is CCOc1ccc(CN(C)C(=NC)NCc2ccccc2S(=O)(=O)N(C)C)cc1.I. The average molecular weight is 546 g/mol. The number of ether oxygens (including phenoxy) is 1. The van der Waals surface area contributed by atoms with Gasteiger partial charge in [-0.3, -0.25) is 4.99 Å². The Bertz CT molecular complexity index is 932. The lowest BCUT2D eigenvalue weighted by Gasteiger charge is -2.23. The lowest BCUT2D eigenvalue weighted by atomic mass is 10.2. The number of hydrogen-bond donors (Lipinski definition) is 1. The summed E-state index contributed by atoms with van der Waals surface area (Å²) in [5, 5.41) is 3.26. The van der Waals surface area contributed by atoms with E-state index >= 15 is 0 Å². The van der Waals surface area contributed by atoms with Crippen molar-refractivity contribution in [1.29, 1.82) is 0 Å². The van der Waals surface area contributed by atoms with Crippen LogP contribution in [0.4, 0.5) is 0 Å². The number of sulfonamides is 1. The van der Waals surface area contributed by atoms with Gasteiger partial charge in [-0.05, 0) is 36.2 Å². The highest BCUT2D eigenvalue weighted by Gasteiger charge is 2.20. The van der Waals surface area contributed by atoms with E-state index in [0.29, 0.717) is 36.1 Å². The molecule has 0 spiro atoms. The lowest BCUT2D eigenvalue weighted by molar-refractivity contribution is 0.340. The third kappa shape index (κ3) is 6.85. The highest BCUT2D eigenvalue weighted by atomic mass is 127. The van der Waals surface area contributed by atoms with Gasteiger partial charge in [0.25, 0.3) is 0 Å². The van der Waals surface area contributed by atoms with Crippen molar-refractivity contribution in [2.24, 2.45) is 4.99 Å². The zero-order valence-electron chi connectivity index (χ0n) is 18.1. The number of halogens is 1. The van der Waals surface area contributed by atoms with Gasteiger partial charge in [-0.25, -0.2) is 12.7 Å². The largest absolute Gasteiger partial charge is 0.494 e. The van der Waals surface area contributed by atoms with Gasteiger partial charge < -0.3 is 15.0 Å². The van der Waals surface area contributed by atoms with Gasteiger partial charge in [-0.2, -0.15) is 0 Å². The Morgan fingerprint density at radius 1 is 1.07 bits per heavy atom. The molecule has 2 rings (SSSR count). The van der Waals surface area contributed by atoms with E-state index in [0.717, 1.165) is 11.3 Å². The molecule has 0 unspecified atom stereocenters. The summed E-state index contributed by atoms with van der Waals surface area (Å²) >= 11 is 0. The average Bonchev–Trinajstić information content (AvgIpc) is 2.70. The molecule has 0 atom stereocenters. The summed E-state index contributed by atoms with van der Waals surface area (Å²) in [7, 11) is 3.20. The first-order valence-corrected chi connectivity index (χ1v) is 10.9. The number of aliphatic imine (C=N–C) groups is 1. The van der Waals surface area contributed by atoms with Gasteiger partial charge >= 0.3 is 0 Å². The van der Waals surface area contributed by atoms with Crippen LogP contribution in [0.15, 0.2) is 58.4 Å². The second kappa shape index (κ2) is 12.1. The van der Waals surface area contributed by atoms with Gasteiger partial charge in [-0.15, -0.1) is 24.0 Å². The zero-order valence-corrected chi connectivity index (χ0v) is 21.3. The number of hydrogen-bond acceptors (Lipinski definition) is 4. The molecule has 0 fully saturated rings. The second-order valence-electron chi connectivity index (χ2n) is 6.73. The van der Waals surface area contributed by atoms with E-state index in [-0.39, 0.29) is 24.0 Å². The first kappa shape index (κ1) is 26.2. The molecule has 0 radical (unpaired) electrons. The Kier molecular flexibility index (Phi) is 10.6. The van der Waals surface area contributed by atoms with E-state index in [1.54, 1.807) is 19.2 Å². The third-order valence-corrected chi connectivity index (χ3v) is 6.31.